The van der Waals surface area contributed by atoms with Gasteiger partial charge in [-0.2, -0.15) is 0 Å². The summed E-state index contributed by atoms with van der Waals surface area (Å²) < 4.78 is 5.56. The first-order valence-electron chi connectivity index (χ1n) is 8.96. The van der Waals surface area contributed by atoms with Gasteiger partial charge in [0, 0.05) is 31.0 Å². The van der Waals surface area contributed by atoms with Crippen LogP contribution in [0.1, 0.15) is 54.9 Å². The summed E-state index contributed by atoms with van der Waals surface area (Å²) in [5.41, 5.74) is 1.09. The molecule has 1 aliphatic carbocycles. The van der Waals surface area contributed by atoms with Crippen LogP contribution >= 0.6 is 11.6 Å². The van der Waals surface area contributed by atoms with Gasteiger partial charge in [0.2, 0.25) is 17.7 Å². The molecule has 1 saturated carbocycles. The Hall–Kier alpha value is -1.88. The van der Waals surface area contributed by atoms with Crippen LogP contribution in [0.2, 0.25) is 5.02 Å². The van der Waals surface area contributed by atoms with Gasteiger partial charge in [-0.3, -0.25) is 4.79 Å². The zero-order valence-corrected chi connectivity index (χ0v) is 15.1. The van der Waals surface area contributed by atoms with Crippen LogP contribution in [0.5, 0.6) is 0 Å². The average molecular weight is 360 g/mol. The van der Waals surface area contributed by atoms with Crippen LogP contribution in [0.25, 0.3) is 0 Å². The standard InChI is InChI=1S/C19H22ClN3O2/c1-12-21-22-18(25-12)15-8-10-23(11-9-15)19(24)17(13-2-3-13)14-4-6-16(20)7-5-14/h4-7,13,15,17H,2-3,8-11H2,1H3. The Labute approximate surface area is 152 Å². The molecule has 1 aromatic heterocycles. The van der Waals surface area contributed by atoms with E-state index < -0.39 is 0 Å². The lowest BCUT2D eigenvalue weighted by Gasteiger charge is -2.33. The van der Waals surface area contributed by atoms with Crippen LogP contribution in [0.4, 0.5) is 0 Å². The maximum Gasteiger partial charge on any atom is 0.230 e. The third kappa shape index (κ3) is 3.56. The van der Waals surface area contributed by atoms with Gasteiger partial charge >= 0.3 is 0 Å². The molecule has 2 fully saturated rings. The largest absolute Gasteiger partial charge is 0.425 e. The van der Waals surface area contributed by atoms with Crippen molar-refractivity contribution in [2.24, 2.45) is 5.92 Å². The van der Waals surface area contributed by atoms with E-state index in [0.29, 0.717) is 22.7 Å². The summed E-state index contributed by atoms with van der Waals surface area (Å²) in [6, 6.07) is 7.75. The van der Waals surface area contributed by atoms with Crippen molar-refractivity contribution in [2.45, 2.75) is 44.4 Å². The molecule has 25 heavy (non-hydrogen) atoms. The number of amides is 1. The number of likely N-dealkylation sites (tertiary alicyclic amines) is 1. The molecule has 1 atom stereocenters. The molecule has 2 aromatic rings. The third-order valence-electron chi connectivity index (χ3n) is 5.29. The molecule has 6 heteroatoms. The minimum absolute atomic E-state index is 0.0283. The second-order valence-corrected chi connectivity index (χ2v) is 7.56. The Morgan fingerprint density at radius 2 is 1.84 bits per heavy atom. The first-order valence-corrected chi connectivity index (χ1v) is 9.34. The van der Waals surface area contributed by atoms with Gasteiger partial charge in [-0.15, -0.1) is 10.2 Å². The Bertz CT molecular complexity index is 746. The van der Waals surface area contributed by atoms with E-state index in [9.17, 15) is 4.79 Å². The van der Waals surface area contributed by atoms with E-state index >= 15 is 0 Å². The molecule has 2 heterocycles. The molecule has 132 valence electrons. The Kier molecular flexibility index (Phi) is 4.50. The molecule has 4 rings (SSSR count). The van der Waals surface area contributed by atoms with Crippen LogP contribution in [0.15, 0.2) is 28.7 Å². The Morgan fingerprint density at radius 3 is 2.40 bits per heavy atom. The predicted octanol–water partition coefficient (Wildman–Crippen LogP) is 3.93. The lowest BCUT2D eigenvalue weighted by molar-refractivity contribution is -0.134. The van der Waals surface area contributed by atoms with Crippen molar-refractivity contribution in [1.29, 1.82) is 0 Å². The van der Waals surface area contributed by atoms with Crippen LogP contribution in [0, 0.1) is 12.8 Å². The van der Waals surface area contributed by atoms with Gasteiger partial charge in [0.25, 0.3) is 0 Å². The summed E-state index contributed by atoms with van der Waals surface area (Å²) in [6.45, 7) is 3.31. The molecule has 1 saturated heterocycles. The Morgan fingerprint density at radius 1 is 1.16 bits per heavy atom. The van der Waals surface area contributed by atoms with Crippen LogP contribution in [-0.4, -0.2) is 34.1 Å². The molecule has 1 aromatic carbocycles. The Balaban J connectivity index is 1.44. The highest BCUT2D eigenvalue weighted by atomic mass is 35.5. The van der Waals surface area contributed by atoms with Gasteiger partial charge < -0.3 is 9.32 Å². The minimum Gasteiger partial charge on any atom is -0.425 e. The zero-order chi connectivity index (χ0) is 17.4. The van der Waals surface area contributed by atoms with E-state index in [0.717, 1.165) is 44.3 Å². The van der Waals surface area contributed by atoms with Gasteiger partial charge in [-0.25, -0.2) is 0 Å². The van der Waals surface area contributed by atoms with Crippen molar-refractivity contribution in [3.8, 4) is 0 Å². The van der Waals surface area contributed by atoms with Crippen molar-refractivity contribution in [2.75, 3.05) is 13.1 Å². The summed E-state index contributed by atoms with van der Waals surface area (Å²) >= 11 is 6.00. The molecule has 1 amide bonds. The normalized spacial score (nSPS) is 19.8. The van der Waals surface area contributed by atoms with Gasteiger partial charge in [-0.05, 0) is 49.3 Å². The first kappa shape index (κ1) is 16.6. The third-order valence-corrected chi connectivity index (χ3v) is 5.54. The highest BCUT2D eigenvalue weighted by Crippen LogP contribution is 2.44. The summed E-state index contributed by atoms with van der Waals surface area (Å²) in [4.78, 5) is 15.2. The number of hydrogen-bond donors (Lipinski definition) is 0. The zero-order valence-electron chi connectivity index (χ0n) is 14.3. The molecular weight excluding hydrogens is 338 g/mol. The van der Waals surface area contributed by atoms with Gasteiger partial charge in [-0.1, -0.05) is 23.7 Å². The fourth-order valence-electron chi connectivity index (χ4n) is 3.74. The summed E-state index contributed by atoms with van der Waals surface area (Å²) in [5, 5.41) is 8.76. The number of aromatic nitrogens is 2. The summed E-state index contributed by atoms with van der Waals surface area (Å²) in [6.07, 6.45) is 4.03. The van der Waals surface area contributed by atoms with Crippen molar-refractivity contribution < 1.29 is 9.21 Å². The summed E-state index contributed by atoms with van der Waals surface area (Å²) in [7, 11) is 0. The molecule has 0 spiro atoms. The van der Waals surface area contributed by atoms with Crippen LogP contribution in [-0.2, 0) is 4.79 Å². The quantitative estimate of drug-likeness (QED) is 0.829. The second-order valence-electron chi connectivity index (χ2n) is 7.13. The first-order chi connectivity index (χ1) is 12.1. The number of hydrogen-bond acceptors (Lipinski definition) is 4. The average Bonchev–Trinajstić information content (AvgIpc) is 3.36. The van der Waals surface area contributed by atoms with Gasteiger partial charge in [0.1, 0.15) is 0 Å². The van der Waals surface area contributed by atoms with Crippen LogP contribution in [0.3, 0.4) is 0 Å². The van der Waals surface area contributed by atoms with E-state index in [1.54, 1.807) is 0 Å². The summed E-state index contributed by atoms with van der Waals surface area (Å²) in [5.74, 6) is 2.28. The molecule has 5 nitrogen and oxygen atoms in total. The highest BCUT2D eigenvalue weighted by molar-refractivity contribution is 6.30. The molecular formula is C19H22ClN3O2. The fourth-order valence-corrected chi connectivity index (χ4v) is 3.86. The minimum atomic E-state index is -0.0283. The van der Waals surface area contributed by atoms with Crippen LogP contribution < -0.4 is 0 Å². The predicted molar refractivity (Wildman–Crippen MR) is 94.5 cm³/mol. The number of benzene rings is 1. The van der Waals surface area contributed by atoms with Crippen molar-refractivity contribution >= 4 is 17.5 Å². The number of carbonyl (C=O) groups is 1. The number of piperidine rings is 1. The fraction of sp³-hybridized carbons (Fsp3) is 0.526. The number of carbonyl (C=O) groups excluding carboxylic acids is 1. The number of halogens is 1. The van der Waals surface area contributed by atoms with E-state index in [-0.39, 0.29) is 17.7 Å². The van der Waals surface area contributed by atoms with Gasteiger partial charge in [0.05, 0.1) is 5.92 Å². The molecule has 0 N–H and O–H groups in total. The SMILES string of the molecule is Cc1nnc(C2CCN(C(=O)C(c3ccc(Cl)cc3)C3CC3)CC2)o1. The molecule has 0 radical (unpaired) electrons. The van der Waals surface area contributed by atoms with Crippen molar-refractivity contribution in [3.63, 3.8) is 0 Å². The molecule has 1 aliphatic heterocycles. The van der Waals surface area contributed by atoms with Gasteiger partial charge in [0.15, 0.2) is 0 Å². The number of rotatable bonds is 4. The topological polar surface area (TPSA) is 59.2 Å². The van der Waals surface area contributed by atoms with Crippen molar-refractivity contribution in [1.82, 2.24) is 15.1 Å². The highest BCUT2D eigenvalue weighted by Gasteiger charge is 2.40. The number of nitrogens with zero attached hydrogens (tertiary/aromatic N) is 3. The number of aryl methyl sites for hydroxylation is 1. The second kappa shape index (κ2) is 6.79. The maximum absolute atomic E-state index is 13.2. The monoisotopic (exact) mass is 359 g/mol. The maximum atomic E-state index is 13.2. The molecule has 1 unspecified atom stereocenters. The van der Waals surface area contributed by atoms with E-state index in [2.05, 4.69) is 10.2 Å². The molecule has 2 aliphatic rings. The lowest BCUT2D eigenvalue weighted by atomic mass is 9.90. The lowest BCUT2D eigenvalue weighted by Crippen LogP contribution is -2.41. The smallest absolute Gasteiger partial charge is 0.230 e. The molecule has 0 bridgehead atoms. The van der Waals surface area contributed by atoms with Crippen molar-refractivity contribution in [3.05, 3.63) is 46.6 Å². The van der Waals surface area contributed by atoms with E-state index in [4.69, 9.17) is 16.0 Å². The van der Waals surface area contributed by atoms with E-state index in [1.807, 2.05) is 36.1 Å². The van der Waals surface area contributed by atoms with E-state index in [1.165, 1.54) is 0 Å².